The zero-order valence-electron chi connectivity index (χ0n) is 18.3. The molecule has 1 fully saturated rings. The van der Waals surface area contributed by atoms with Gasteiger partial charge in [-0.15, -0.1) is 0 Å². The first-order chi connectivity index (χ1) is 14.9. The molecular weight excluding hydrogens is 384 g/mol. The Balaban J connectivity index is 1.45. The van der Waals surface area contributed by atoms with E-state index in [0.717, 1.165) is 41.8 Å². The fourth-order valence-corrected chi connectivity index (χ4v) is 4.42. The van der Waals surface area contributed by atoms with E-state index in [9.17, 15) is 4.79 Å². The van der Waals surface area contributed by atoms with Crippen LogP contribution in [-0.4, -0.2) is 33.0 Å². The number of hydrogen-bond acceptors (Lipinski definition) is 2. The molecule has 1 aliphatic heterocycles. The van der Waals surface area contributed by atoms with Crippen LogP contribution in [0.15, 0.2) is 60.7 Å². The molecule has 5 heteroatoms. The highest BCUT2D eigenvalue weighted by Crippen LogP contribution is 2.33. The van der Waals surface area contributed by atoms with Gasteiger partial charge in [-0.3, -0.25) is 0 Å². The Hall–Kier alpha value is -3.34. The van der Waals surface area contributed by atoms with Crippen molar-refractivity contribution in [3.05, 3.63) is 66.5 Å². The summed E-state index contributed by atoms with van der Waals surface area (Å²) < 4.78 is 0. The van der Waals surface area contributed by atoms with Crippen LogP contribution in [0.25, 0.3) is 32.9 Å². The van der Waals surface area contributed by atoms with Crippen LogP contribution in [0, 0.1) is 0 Å². The number of hydrogen-bond donors (Lipinski definition) is 2. The molecular formula is C26H28N4O. The molecule has 158 valence electrons. The molecule has 2 N–H and O–H groups in total. The third-order valence-corrected chi connectivity index (χ3v) is 5.89. The van der Waals surface area contributed by atoms with Gasteiger partial charge in [-0.25, -0.2) is 9.78 Å². The van der Waals surface area contributed by atoms with Crippen molar-refractivity contribution in [1.29, 1.82) is 0 Å². The smallest absolute Gasteiger partial charge is 0.318 e. The number of carbonyl (C=O) groups is 1. The van der Waals surface area contributed by atoms with Gasteiger partial charge < -0.3 is 15.2 Å². The average Bonchev–Trinajstić information content (AvgIpc) is 3.38. The summed E-state index contributed by atoms with van der Waals surface area (Å²) in [7, 11) is 0. The normalized spacial score (nSPS) is 16.9. The third-order valence-electron chi connectivity index (χ3n) is 5.89. The number of nitrogens with zero attached hydrogens (tertiary/aromatic N) is 2. The predicted octanol–water partition coefficient (Wildman–Crippen LogP) is 6.03. The number of H-pyrrole nitrogens is 1. The maximum absolute atomic E-state index is 12.8. The first kappa shape index (κ1) is 19.6. The number of imidazole rings is 1. The number of benzene rings is 3. The summed E-state index contributed by atoms with van der Waals surface area (Å²) in [6.45, 7) is 6.77. The number of amides is 2. The summed E-state index contributed by atoms with van der Waals surface area (Å²) in [5.41, 5.74) is 4.02. The molecule has 1 atom stereocenters. The molecule has 2 amide bonds. The number of carbonyl (C=O) groups excluding carboxylic acids is 1. The quantitative estimate of drug-likeness (QED) is 0.422. The lowest BCUT2D eigenvalue weighted by Gasteiger charge is -2.28. The van der Waals surface area contributed by atoms with Crippen LogP contribution in [0.4, 0.5) is 4.79 Å². The van der Waals surface area contributed by atoms with Crippen molar-refractivity contribution in [3.63, 3.8) is 0 Å². The molecule has 5 rings (SSSR count). The van der Waals surface area contributed by atoms with E-state index >= 15 is 0 Å². The topological polar surface area (TPSA) is 61.0 Å². The van der Waals surface area contributed by atoms with Gasteiger partial charge in [-0.05, 0) is 73.7 Å². The number of likely N-dealkylation sites (tertiary alicyclic amines) is 1. The summed E-state index contributed by atoms with van der Waals surface area (Å²) in [6.07, 6.45) is 1.91. The first-order valence-electron chi connectivity index (χ1n) is 10.9. The van der Waals surface area contributed by atoms with Crippen molar-refractivity contribution < 1.29 is 4.79 Å². The molecule has 3 aromatic carbocycles. The van der Waals surface area contributed by atoms with Gasteiger partial charge in [-0.2, -0.15) is 0 Å². The molecule has 31 heavy (non-hydrogen) atoms. The highest BCUT2D eigenvalue weighted by Gasteiger charge is 2.33. The van der Waals surface area contributed by atoms with Gasteiger partial charge in [0.1, 0.15) is 5.82 Å². The van der Waals surface area contributed by atoms with Crippen LogP contribution in [-0.2, 0) is 0 Å². The van der Waals surface area contributed by atoms with Crippen molar-refractivity contribution in [2.24, 2.45) is 0 Å². The van der Waals surface area contributed by atoms with E-state index in [1.807, 2.05) is 25.7 Å². The zero-order chi connectivity index (χ0) is 21.6. The molecule has 0 saturated carbocycles. The molecule has 2 heterocycles. The van der Waals surface area contributed by atoms with Crippen LogP contribution >= 0.6 is 0 Å². The van der Waals surface area contributed by atoms with Crippen LogP contribution in [0.5, 0.6) is 0 Å². The van der Waals surface area contributed by atoms with Crippen molar-refractivity contribution in [2.45, 2.75) is 45.2 Å². The molecule has 1 aromatic heterocycles. The highest BCUT2D eigenvalue weighted by atomic mass is 16.2. The lowest BCUT2D eigenvalue weighted by atomic mass is 10.0. The maximum atomic E-state index is 12.8. The highest BCUT2D eigenvalue weighted by molar-refractivity contribution is 5.89. The second kappa shape index (κ2) is 7.41. The van der Waals surface area contributed by atoms with E-state index in [0.29, 0.717) is 0 Å². The summed E-state index contributed by atoms with van der Waals surface area (Å²) >= 11 is 0. The van der Waals surface area contributed by atoms with Gasteiger partial charge in [0.15, 0.2) is 0 Å². The van der Waals surface area contributed by atoms with Crippen LogP contribution < -0.4 is 5.32 Å². The lowest BCUT2D eigenvalue weighted by Crippen LogP contribution is -2.48. The molecule has 0 aliphatic carbocycles. The lowest BCUT2D eigenvalue weighted by molar-refractivity contribution is 0.182. The van der Waals surface area contributed by atoms with Crippen LogP contribution in [0.1, 0.15) is 45.5 Å². The standard InChI is InChI=1S/C26H28N4O/c1-26(2,3)29-25(31)30-14-6-9-23(30)24-27-21-13-12-20(16-22(21)28-24)19-11-10-17-7-4-5-8-18(17)15-19/h4-5,7-8,10-13,15-16,23H,6,9,14H2,1-3H3,(H,27,28)(H,29,31). The molecule has 0 bridgehead atoms. The fraction of sp³-hybridized carbons (Fsp3) is 0.308. The van der Waals surface area contributed by atoms with E-state index in [2.05, 4.69) is 71.0 Å². The van der Waals surface area contributed by atoms with Gasteiger partial charge in [0.25, 0.3) is 0 Å². The van der Waals surface area contributed by atoms with Crippen LogP contribution in [0.2, 0.25) is 0 Å². The molecule has 1 unspecified atom stereocenters. The SMILES string of the molecule is CC(C)(C)NC(=O)N1CCCC1c1nc2ccc(-c3ccc4ccccc4c3)cc2[nH]1. The monoisotopic (exact) mass is 412 g/mol. The summed E-state index contributed by atoms with van der Waals surface area (Å²) in [5.74, 6) is 0.868. The minimum atomic E-state index is -0.257. The third kappa shape index (κ3) is 3.88. The molecule has 0 spiro atoms. The molecule has 1 saturated heterocycles. The minimum absolute atomic E-state index is 0.0149. The van der Waals surface area contributed by atoms with Crippen molar-refractivity contribution in [3.8, 4) is 11.1 Å². The van der Waals surface area contributed by atoms with Crippen molar-refractivity contribution in [2.75, 3.05) is 6.54 Å². The second-order valence-electron chi connectivity index (χ2n) is 9.45. The van der Waals surface area contributed by atoms with E-state index in [1.54, 1.807) is 0 Å². The number of fused-ring (bicyclic) bond motifs is 2. The molecule has 1 aliphatic rings. The van der Waals surface area contributed by atoms with Crippen molar-refractivity contribution >= 4 is 27.8 Å². The minimum Gasteiger partial charge on any atom is -0.340 e. The Bertz CT molecular complexity index is 1270. The Morgan fingerprint density at radius 3 is 2.58 bits per heavy atom. The van der Waals surface area contributed by atoms with Gasteiger partial charge in [0.05, 0.1) is 17.1 Å². The zero-order valence-corrected chi connectivity index (χ0v) is 18.3. The Morgan fingerprint density at radius 1 is 1.03 bits per heavy atom. The van der Waals surface area contributed by atoms with E-state index in [4.69, 9.17) is 4.98 Å². The Kier molecular flexibility index (Phi) is 4.69. The maximum Gasteiger partial charge on any atom is 0.318 e. The Morgan fingerprint density at radius 2 is 1.77 bits per heavy atom. The molecule has 4 aromatic rings. The number of aromatic nitrogens is 2. The van der Waals surface area contributed by atoms with Gasteiger partial charge in [0, 0.05) is 12.1 Å². The van der Waals surface area contributed by atoms with Gasteiger partial charge in [-0.1, -0.05) is 42.5 Å². The summed E-state index contributed by atoms with van der Waals surface area (Å²) in [5, 5.41) is 5.56. The van der Waals surface area contributed by atoms with E-state index in [1.165, 1.54) is 16.3 Å². The van der Waals surface area contributed by atoms with E-state index in [-0.39, 0.29) is 17.6 Å². The molecule has 0 radical (unpaired) electrons. The molecule has 5 nitrogen and oxygen atoms in total. The number of nitrogens with one attached hydrogen (secondary N) is 2. The van der Waals surface area contributed by atoms with Gasteiger partial charge >= 0.3 is 6.03 Å². The first-order valence-corrected chi connectivity index (χ1v) is 10.9. The predicted molar refractivity (Wildman–Crippen MR) is 126 cm³/mol. The second-order valence-corrected chi connectivity index (χ2v) is 9.45. The van der Waals surface area contributed by atoms with Crippen LogP contribution in [0.3, 0.4) is 0 Å². The van der Waals surface area contributed by atoms with Crippen molar-refractivity contribution in [1.82, 2.24) is 20.2 Å². The number of aromatic amines is 1. The van der Waals surface area contributed by atoms with E-state index < -0.39 is 0 Å². The van der Waals surface area contributed by atoms with Gasteiger partial charge in [0.2, 0.25) is 0 Å². The largest absolute Gasteiger partial charge is 0.340 e. The summed E-state index contributed by atoms with van der Waals surface area (Å²) in [4.78, 5) is 23.0. The Labute approximate surface area is 182 Å². The number of rotatable bonds is 2. The average molecular weight is 413 g/mol. The fourth-order valence-electron chi connectivity index (χ4n) is 4.42. The number of urea groups is 1. The summed E-state index contributed by atoms with van der Waals surface area (Å²) in [6, 6.07) is 21.3.